The molecule has 3 heteroatoms. The van der Waals surface area contributed by atoms with Gasteiger partial charge in [0.25, 0.3) is 0 Å². The van der Waals surface area contributed by atoms with Gasteiger partial charge in [-0.1, -0.05) is 35.3 Å². The van der Waals surface area contributed by atoms with E-state index in [9.17, 15) is 0 Å². The highest BCUT2D eigenvalue weighted by atomic mass is 35.5. The molecule has 0 saturated carbocycles. The quantitative estimate of drug-likeness (QED) is 0.737. The van der Waals surface area contributed by atoms with E-state index < -0.39 is 0 Å². The van der Waals surface area contributed by atoms with Crippen LogP contribution < -0.4 is 5.32 Å². The molecule has 0 unspecified atom stereocenters. The van der Waals surface area contributed by atoms with Crippen molar-refractivity contribution in [3.8, 4) is 0 Å². The third-order valence-electron chi connectivity index (χ3n) is 2.18. The van der Waals surface area contributed by atoms with Gasteiger partial charge in [-0.05, 0) is 24.6 Å². The topological polar surface area (TPSA) is 12.0 Å². The lowest BCUT2D eigenvalue weighted by atomic mass is 9.98. The van der Waals surface area contributed by atoms with Crippen LogP contribution in [0.3, 0.4) is 0 Å². The van der Waals surface area contributed by atoms with Crippen LogP contribution in [0.1, 0.15) is 18.0 Å². The molecule has 1 atom stereocenters. The smallest absolute Gasteiger partial charge is 0.0640 e. The van der Waals surface area contributed by atoms with Crippen LogP contribution in [0.5, 0.6) is 0 Å². The zero-order chi connectivity index (χ0) is 8.55. The van der Waals surface area contributed by atoms with Gasteiger partial charge in [0.1, 0.15) is 0 Å². The molecule has 0 aromatic heterocycles. The van der Waals surface area contributed by atoms with Crippen LogP contribution in [0.15, 0.2) is 18.2 Å². The van der Waals surface area contributed by atoms with Crippen LogP contribution in [0.25, 0.3) is 0 Å². The monoisotopic (exact) mass is 201 g/mol. The van der Waals surface area contributed by atoms with E-state index in [1.54, 1.807) is 0 Å². The number of nitrogens with one attached hydrogen (secondary N) is 1. The molecule has 1 heterocycles. The van der Waals surface area contributed by atoms with Gasteiger partial charge in [-0.2, -0.15) is 0 Å². The van der Waals surface area contributed by atoms with Gasteiger partial charge >= 0.3 is 0 Å². The van der Waals surface area contributed by atoms with Gasteiger partial charge < -0.3 is 5.32 Å². The summed E-state index contributed by atoms with van der Waals surface area (Å²) in [5, 5.41) is 4.62. The van der Waals surface area contributed by atoms with Gasteiger partial charge in [0.05, 0.1) is 10.0 Å². The van der Waals surface area contributed by atoms with Gasteiger partial charge in [-0.25, -0.2) is 0 Å². The first-order valence-electron chi connectivity index (χ1n) is 3.96. The SMILES string of the molecule is Clc1cccc([C@@H]2CCN2)c1Cl. The Bertz CT molecular complexity index is 295. The lowest BCUT2D eigenvalue weighted by Crippen LogP contribution is -2.35. The van der Waals surface area contributed by atoms with Crippen molar-refractivity contribution in [3.05, 3.63) is 33.8 Å². The van der Waals surface area contributed by atoms with Crippen LogP contribution in [-0.2, 0) is 0 Å². The Balaban J connectivity index is 2.36. The second-order valence-electron chi connectivity index (χ2n) is 2.94. The summed E-state index contributed by atoms with van der Waals surface area (Å²) in [4.78, 5) is 0. The van der Waals surface area contributed by atoms with E-state index in [0.717, 1.165) is 18.5 Å². The summed E-state index contributed by atoms with van der Waals surface area (Å²) in [5.74, 6) is 0. The number of hydrogen-bond acceptors (Lipinski definition) is 1. The molecule has 1 aromatic carbocycles. The molecular weight excluding hydrogens is 193 g/mol. The fourth-order valence-corrected chi connectivity index (χ4v) is 1.78. The van der Waals surface area contributed by atoms with E-state index in [1.807, 2.05) is 18.2 Å². The first-order chi connectivity index (χ1) is 5.79. The molecule has 0 aliphatic carbocycles. The second kappa shape index (κ2) is 3.25. The van der Waals surface area contributed by atoms with Crippen LogP contribution >= 0.6 is 23.2 Å². The van der Waals surface area contributed by atoms with Crippen molar-refractivity contribution in [1.82, 2.24) is 5.32 Å². The normalized spacial score (nSPS) is 22.0. The van der Waals surface area contributed by atoms with E-state index in [-0.39, 0.29) is 0 Å². The predicted molar refractivity (Wildman–Crippen MR) is 51.8 cm³/mol. The molecule has 1 aliphatic rings. The van der Waals surface area contributed by atoms with Crippen molar-refractivity contribution in [2.45, 2.75) is 12.5 Å². The van der Waals surface area contributed by atoms with Crippen LogP contribution in [0.4, 0.5) is 0 Å². The molecule has 0 amide bonds. The Kier molecular flexibility index (Phi) is 2.26. The van der Waals surface area contributed by atoms with Crippen LogP contribution in [0.2, 0.25) is 10.0 Å². The van der Waals surface area contributed by atoms with Crippen LogP contribution in [0, 0.1) is 0 Å². The number of halogens is 2. The van der Waals surface area contributed by atoms with E-state index >= 15 is 0 Å². The van der Waals surface area contributed by atoms with E-state index in [2.05, 4.69) is 5.32 Å². The summed E-state index contributed by atoms with van der Waals surface area (Å²) in [6, 6.07) is 6.18. The summed E-state index contributed by atoms with van der Waals surface area (Å²) in [5.41, 5.74) is 1.12. The molecule has 12 heavy (non-hydrogen) atoms. The third kappa shape index (κ3) is 1.33. The minimum Gasteiger partial charge on any atom is -0.310 e. The first-order valence-corrected chi connectivity index (χ1v) is 4.72. The Morgan fingerprint density at radius 3 is 2.67 bits per heavy atom. The summed E-state index contributed by atoms with van der Waals surface area (Å²) >= 11 is 11.9. The van der Waals surface area contributed by atoms with Crippen molar-refractivity contribution in [1.29, 1.82) is 0 Å². The molecule has 64 valence electrons. The average molecular weight is 202 g/mol. The molecule has 0 spiro atoms. The molecule has 0 radical (unpaired) electrons. The standard InChI is InChI=1S/C9H9Cl2N/c10-7-3-1-2-6(9(7)11)8-4-5-12-8/h1-3,8,12H,4-5H2/t8-/m0/s1. The summed E-state index contributed by atoms with van der Waals surface area (Å²) in [6.07, 6.45) is 1.15. The fourth-order valence-electron chi connectivity index (χ4n) is 1.34. The van der Waals surface area contributed by atoms with Gasteiger partial charge in [-0.3, -0.25) is 0 Å². The number of hydrogen-bond donors (Lipinski definition) is 1. The highest BCUT2D eigenvalue weighted by Crippen LogP contribution is 2.33. The van der Waals surface area contributed by atoms with E-state index in [4.69, 9.17) is 23.2 Å². The predicted octanol–water partition coefficient (Wildman–Crippen LogP) is 3.03. The minimum atomic E-state index is 0.413. The molecule has 1 saturated heterocycles. The largest absolute Gasteiger partial charge is 0.310 e. The van der Waals surface area contributed by atoms with Crippen molar-refractivity contribution in [2.75, 3.05) is 6.54 Å². The van der Waals surface area contributed by atoms with Gasteiger partial charge in [0, 0.05) is 6.04 Å². The number of rotatable bonds is 1. The molecule has 1 aromatic rings. The second-order valence-corrected chi connectivity index (χ2v) is 3.72. The van der Waals surface area contributed by atoms with E-state index in [1.165, 1.54) is 0 Å². The summed E-state index contributed by atoms with van der Waals surface area (Å²) < 4.78 is 0. The van der Waals surface area contributed by atoms with Gasteiger partial charge in [-0.15, -0.1) is 0 Å². The molecule has 0 bridgehead atoms. The summed E-state index contributed by atoms with van der Waals surface area (Å²) in [7, 11) is 0. The minimum absolute atomic E-state index is 0.413. The maximum Gasteiger partial charge on any atom is 0.0640 e. The zero-order valence-corrected chi connectivity index (χ0v) is 7.99. The highest BCUT2D eigenvalue weighted by molar-refractivity contribution is 6.42. The fraction of sp³-hybridized carbons (Fsp3) is 0.333. The molecule has 1 nitrogen and oxygen atoms in total. The van der Waals surface area contributed by atoms with Crippen molar-refractivity contribution < 1.29 is 0 Å². The maximum absolute atomic E-state index is 6.03. The van der Waals surface area contributed by atoms with Crippen LogP contribution in [-0.4, -0.2) is 6.54 Å². The third-order valence-corrected chi connectivity index (χ3v) is 3.01. The molecule has 1 aliphatic heterocycles. The zero-order valence-electron chi connectivity index (χ0n) is 6.48. The lowest BCUT2D eigenvalue weighted by molar-refractivity contribution is 0.383. The van der Waals surface area contributed by atoms with Crippen molar-refractivity contribution in [2.24, 2.45) is 0 Å². The first kappa shape index (κ1) is 8.36. The molecule has 2 rings (SSSR count). The van der Waals surface area contributed by atoms with Crippen molar-refractivity contribution >= 4 is 23.2 Å². The molecule has 1 fully saturated rings. The Labute approximate surface area is 81.7 Å². The number of benzene rings is 1. The van der Waals surface area contributed by atoms with Gasteiger partial charge in [0.15, 0.2) is 0 Å². The molecular formula is C9H9Cl2N. The lowest BCUT2D eigenvalue weighted by Gasteiger charge is -2.28. The highest BCUT2D eigenvalue weighted by Gasteiger charge is 2.21. The van der Waals surface area contributed by atoms with Gasteiger partial charge in [0.2, 0.25) is 0 Å². The summed E-state index contributed by atoms with van der Waals surface area (Å²) in [6.45, 7) is 1.08. The Morgan fingerprint density at radius 1 is 1.33 bits per heavy atom. The van der Waals surface area contributed by atoms with Crippen molar-refractivity contribution in [3.63, 3.8) is 0 Å². The molecule has 1 N–H and O–H groups in total. The van der Waals surface area contributed by atoms with E-state index in [0.29, 0.717) is 16.1 Å². The Hall–Kier alpha value is -0.240. The maximum atomic E-state index is 6.03. The Morgan fingerprint density at radius 2 is 2.08 bits per heavy atom. The average Bonchev–Trinajstić information content (AvgIpc) is 1.95.